The summed E-state index contributed by atoms with van der Waals surface area (Å²) < 4.78 is 26.2. The van der Waals surface area contributed by atoms with Gasteiger partial charge >= 0.3 is 11.9 Å². The molecule has 0 bridgehead atoms. The van der Waals surface area contributed by atoms with Gasteiger partial charge in [0.1, 0.15) is 6.54 Å². The van der Waals surface area contributed by atoms with Crippen LogP contribution in [0.4, 0.5) is 0 Å². The maximum absolute atomic E-state index is 13.1. The van der Waals surface area contributed by atoms with Gasteiger partial charge in [-0.1, -0.05) is 50.1 Å². The van der Waals surface area contributed by atoms with Crippen LogP contribution in [-0.2, 0) is 24.2 Å². The molecule has 0 spiro atoms. The van der Waals surface area contributed by atoms with E-state index in [1.165, 1.54) is 12.1 Å². The zero-order chi connectivity index (χ0) is 23.7. The molecule has 1 unspecified atom stereocenters. The van der Waals surface area contributed by atoms with Crippen molar-refractivity contribution in [2.45, 2.75) is 43.9 Å². The summed E-state index contributed by atoms with van der Waals surface area (Å²) in [5.74, 6) is -4.73. The molecule has 32 heavy (non-hydrogen) atoms. The molecule has 0 radical (unpaired) electrons. The molecule has 0 saturated carbocycles. The number of nitrogens with zero attached hydrogens (tertiary/aromatic N) is 1. The van der Waals surface area contributed by atoms with Crippen LogP contribution in [0, 0.1) is 5.92 Å². The van der Waals surface area contributed by atoms with Gasteiger partial charge in [0.2, 0.25) is 5.91 Å². The first kappa shape index (κ1) is 25.3. The van der Waals surface area contributed by atoms with E-state index < -0.39 is 45.9 Å². The third-order valence-corrected chi connectivity index (χ3v) is 7.04. The number of aliphatic carboxylic acids is 2. The summed E-state index contributed by atoms with van der Waals surface area (Å²) in [6.45, 7) is 1.59. The molecule has 2 rings (SSSR count). The number of benzene rings is 2. The fourth-order valence-electron chi connectivity index (χ4n) is 3.54. The Balaban J connectivity index is 2.31. The molecule has 2 aromatic rings. The van der Waals surface area contributed by atoms with E-state index in [1.807, 2.05) is 19.1 Å². The maximum Gasteiger partial charge on any atom is 0.323 e. The number of unbranched alkanes of at least 4 members (excludes halogenated alkanes) is 2. The molecular weight excluding hydrogens is 434 g/mol. The standard InChI is InChI=1S/C23H29NO7S/c1-2-3-6-13-24(15-22(27)28)23(29)19(10-12-21(25)26)16-32(30,31)20-11-9-17-7-4-5-8-18(17)14-20/h4-5,7-9,11,14,19H,2-3,6,10,12-13,15-16H2,1H3,(H,25,26)(H,27,28). The average molecular weight is 464 g/mol. The van der Waals surface area contributed by atoms with Gasteiger partial charge in [0.15, 0.2) is 9.84 Å². The number of carboxylic acid groups (broad SMARTS) is 2. The number of carbonyl (C=O) groups is 3. The molecule has 0 aliphatic carbocycles. The summed E-state index contributed by atoms with van der Waals surface area (Å²) >= 11 is 0. The molecule has 0 aliphatic rings. The Morgan fingerprint density at radius 2 is 1.66 bits per heavy atom. The van der Waals surface area contributed by atoms with Crippen molar-refractivity contribution in [3.05, 3.63) is 42.5 Å². The molecule has 8 nitrogen and oxygen atoms in total. The fraction of sp³-hybridized carbons (Fsp3) is 0.435. The second-order valence-corrected chi connectivity index (χ2v) is 9.81. The molecule has 2 aromatic carbocycles. The van der Waals surface area contributed by atoms with E-state index in [2.05, 4.69) is 0 Å². The van der Waals surface area contributed by atoms with Gasteiger partial charge in [-0.2, -0.15) is 0 Å². The molecule has 1 amide bonds. The first-order valence-electron chi connectivity index (χ1n) is 10.6. The van der Waals surface area contributed by atoms with Crippen molar-refractivity contribution in [3.8, 4) is 0 Å². The summed E-state index contributed by atoms with van der Waals surface area (Å²) in [5.41, 5.74) is 0. The van der Waals surface area contributed by atoms with Crippen LogP contribution in [0.3, 0.4) is 0 Å². The van der Waals surface area contributed by atoms with Crippen LogP contribution in [-0.4, -0.2) is 60.2 Å². The lowest BCUT2D eigenvalue weighted by Crippen LogP contribution is -2.42. The first-order chi connectivity index (χ1) is 15.1. The third kappa shape index (κ3) is 7.33. The van der Waals surface area contributed by atoms with Crippen molar-refractivity contribution in [3.63, 3.8) is 0 Å². The van der Waals surface area contributed by atoms with Crippen LogP contribution in [0.25, 0.3) is 10.8 Å². The number of amides is 1. The number of hydrogen-bond acceptors (Lipinski definition) is 5. The Kier molecular flexibility index (Phi) is 9.19. The average Bonchev–Trinajstić information content (AvgIpc) is 2.74. The van der Waals surface area contributed by atoms with Gasteiger partial charge in [0.25, 0.3) is 0 Å². The Hall–Kier alpha value is -2.94. The Morgan fingerprint density at radius 1 is 0.969 bits per heavy atom. The molecule has 0 fully saturated rings. The monoisotopic (exact) mass is 463 g/mol. The van der Waals surface area contributed by atoms with Crippen LogP contribution in [0.1, 0.15) is 39.0 Å². The SMILES string of the molecule is CCCCCN(CC(=O)O)C(=O)C(CCC(=O)O)CS(=O)(=O)c1ccc2ccccc2c1. The van der Waals surface area contributed by atoms with Crippen LogP contribution in [0.5, 0.6) is 0 Å². The Labute approximate surface area is 187 Å². The minimum atomic E-state index is -3.92. The summed E-state index contributed by atoms with van der Waals surface area (Å²) in [5, 5.41) is 19.9. The zero-order valence-electron chi connectivity index (χ0n) is 18.1. The zero-order valence-corrected chi connectivity index (χ0v) is 18.9. The van der Waals surface area contributed by atoms with Gasteiger partial charge in [-0.3, -0.25) is 14.4 Å². The lowest BCUT2D eigenvalue weighted by molar-refractivity contribution is -0.146. The second-order valence-electron chi connectivity index (χ2n) is 7.78. The highest BCUT2D eigenvalue weighted by molar-refractivity contribution is 7.91. The van der Waals surface area contributed by atoms with Gasteiger partial charge in [-0.05, 0) is 35.7 Å². The first-order valence-corrected chi connectivity index (χ1v) is 12.2. The molecular formula is C23H29NO7S. The summed E-state index contributed by atoms with van der Waals surface area (Å²) in [6.07, 6.45) is 1.66. The van der Waals surface area contributed by atoms with Crippen molar-refractivity contribution in [2.24, 2.45) is 5.92 Å². The van der Waals surface area contributed by atoms with Crippen LogP contribution in [0.15, 0.2) is 47.4 Å². The van der Waals surface area contributed by atoms with Crippen molar-refractivity contribution < 1.29 is 33.0 Å². The largest absolute Gasteiger partial charge is 0.481 e. The van der Waals surface area contributed by atoms with Gasteiger partial charge in [0.05, 0.1) is 16.6 Å². The number of carboxylic acids is 2. The van der Waals surface area contributed by atoms with Gasteiger partial charge in [0, 0.05) is 13.0 Å². The number of sulfone groups is 1. The molecule has 2 N–H and O–H groups in total. The van der Waals surface area contributed by atoms with Gasteiger partial charge < -0.3 is 15.1 Å². The molecule has 174 valence electrons. The molecule has 9 heteroatoms. The highest BCUT2D eigenvalue weighted by Crippen LogP contribution is 2.23. The predicted molar refractivity (Wildman–Crippen MR) is 120 cm³/mol. The molecule has 0 aromatic heterocycles. The summed E-state index contributed by atoms with van der Waals surface area (Å²) in [6, 6.07) is 11.9. The van der Waals surface area contributed by atoms with Gasteiger partial charge in [-0.25, -0.2) is 8.42 Å². The van der Waals surface area contributed by atoms with E-state index in [9.17, 15) is 27.9 Å². The third-order valence-electron chi connectivity index (χ3n) is 5.23. The number of carbonyl (C=O) groups excluding carboxylic acids is 1. The molecule has 0 saturated heterocycles. The minimum absolute atomic E-state index is 0.0418. The quantitative estimate of drug-likeness (QED) is 0.436. The topological polar surface area (TPSA) is 129 Å². The van der Waals surface area contributed by atoms with E-state index in [0.717, 1.165) is 28.5 Å². The predicted octanol–water partition coefficient (Wildman–Crippen LogP) is 3.20. The fourth-order valence-corrected chi connectivity index (χ4v) is 5.15. The Bertz CT molecular complexity index is 1060. The summed E-state index contributed by atoms with van der Waals surface area (Å²) in [4.78, 5) is 36.6. The normalized spacial score (nSPS) is 12.4. The molecule has 0 heterocycles. The minimum Gasteiger partial charge on any atom is -0.481 e. The summed E-state index contributed by atoms with van der Waals surface area (Å²) in [7, 11) is -3.92. The second kappa shape index (κ2) is 11.6. The van der Waals surface area contributed by atoms with Crippen molar-refractivity contribution in [1.82, 2.24) is 4.90 Å². The van der Waals surface area contributed by atoms with E-state index in [4.69, 9.17) is 5.11 Å². The van der Waals surface area contributed by atoms with E-state index in [0.29, 0.717) is 6.42 Å². The smallest absolute Gasteiger partial charge is 0.323 e. The number of fused-ring (bicyclic) bond motifs is 1. The highest BCUT2D eigenvalue weighted by Gasteiger charge is 2.31. The van der Waals surface area contributed by atoms with Crippen LogP contribution >= 0.6 is 0 Å². The lowest BCUT2D eigenvalue weighted by Gasteiger charge is -2.26. The van der Waals surface area contributed by atoms with Crippen LogP contribution in [0.2, 0.25) is 0 Å². The van der Waals surface area contributed by atoms with Gasteiger partial charge in [-0.15, -0.1) is 0 Å². The highest BCUT2D eigenvalue weighted by atomic mass is 32.2. The van der Waals surface area contributed by atoms with Crippen molar-refractivity contribution in [2.75, 3.05) is 18.8 Å². The Morgan fingerprint density at radius 3 is 2.28 bits per heavy atom. The lowest BCUT2D eigenvalue weighted by atomic mass is 10.0. The van der Waals surface area contributed by atoms with E-state index >= 15 is 0 Å². The van der Waals surface area contributed by atoms with Crippen molar-refractivity contribution >= 4 is 38.5 Å². The van der Waals surface area contributed by atoms with E-state index in [-0.39, 0.29) is 24.3 Å². The van der Waals surface area contributed by atoms with Crippen LogP contribution < -0.4 is 0 Å². The molecule has 0 aliphatic heterocycles. The number of hydrogen-bond donors (Lipinski definition) is 2. The number of rotatable bonds is 13. The van der Waals surface area contributed by atoms with Crippen molar-refractivity contribution in [1.29, 1.82) is 0 Å². The maximum atomic E-state index is 13.1. The van der Waals surface area contributed by atoms with E-state index in [1.54, 1.807) is 18.2 Å². The molecule has 1 atom stereocenters.